The largest absolute Gasteiger partial charge is 0.458 e. The van der Waals surface area contributed by atoms with Crippen LogP contribution in [0.1, 0.15) is 78.6 Å². The van der Waals surface area contributed by atoms with Crippen molar-refractivity contribution in [3.05, 3.63) is 11.6 Å². The van der Waals surface area contributed by atoms with Crippen molar-refractivity contribution >= 4 is 17.5 Å². The summed E-state index contributed by atoms with van der Waals surface area (Å²) in [5.74, 6) is 2.05. The number of carbonyl (C=O) groups excluding carboxylic acids is 3. The zero-order valence-corrected chi connectivity index (χ0v) is 17.6. The fourth-order valence-electron chi connectivity index (χ4n) is 7.44. The molecule has 4 aliphatic carbocycles. The molecule has 0 N–H and O–H groups in total. The van der Waals surface area contributed by atoms with E-state index in [4.69, 9.17) is 4.74 Å². The van der Waals surface area contributed by atoms with Crippen molar-refractivity contribution in [2.75, 3.05) is 6.61 Å². The summed E-state index contributed by atoms with van der Waals surface area (Å²) in [6.45, 7) is 6.42. The number of esters is 1. The van der Waals surface area contributed by atoms with Crippen LogP contribution in [-0.2, 0) is 19.1 Å². The molecule has 0 aromatic heterocycles. The van der Waals surface area contributed by atoms with Gasteiger partial charge in [-0.25, -0.2) is 0 Å². The van der Waals surface area contributed by atoms with E-state index in [1.54, 1.807) is 6.92 Å². The fourth-order valence-corrected chi connectivity index (χ4v) is 7.44. The van der Waals surface area contributed by atoms with Crippen molar-refractivity contribution in [2.45, 2.75) is 78.6 Å². The van der Waals surface area contributed by atoms with Gasteiger partial charge in [-0.15, -0.1) is 0 Å². The van der Waals surface area contributed by atoms with E-state index in [0.29, 0.717) is 36.4 Å². The number of Topliss-reactive ketones (excluding diaryl/α,β-unsaturated/α-hetero) is 1. The number of hydrogen-bond acceptors (Lipinski definition) is 4. The molecule has 4 nitrogen and oxygen atoms in total. The van der Waals surface area contributed by atoms with Gasteiger partial charge in [0, 0.05) is 18.8 Å². The first-order valence-electron chi connectivity index (χ1n) is 11.2. The minimum absolute atomic E-state index is 0.0285. The quantitative estimate of drug-likeness (QED) is 0.660. The molecule has 0 bridgehead atoms. The standard InChI is InChI=1S/C24H34O4/c1-4-22(27)28-14-21(26)20-8-7-18-17-6-5-15-13-16(25)9-11-23(15,2)19(17)10-12-24(18,20)3/h13,17-20H,4-12,14H2,1-3H3/t17-,18-,19-,20-,23-,24-/m0/s1. The van der Waals surface area contributed by atoms with Gasteiger partial charge in [0.15, 0.2) is 11.6 Å². The van der Waals surface area contributed by atoms with Gasteiger partial charge in [-0.05, 0) is 79.6 Å². The first-order chi connectivity index (χ1) is 13.3. The molecular weight excluding hydrogens is 352 g/mol. The molecule has 0 aromatic carbocycles. The Bertz CT molecular complexity index is 722. The predicted molar refractivity (Wildman–Crippen MR) is 106 cm³/mol. The van der Waals surface area contributed by atoms with Crippen molar-refractivity contribution in [1.82, 2.24) is 0 Å². The van der Waals surface area contributed by atoms with E-state index in [9.17, 15) is 14.4 Å². The normalized spacial score (nSPS) is 42.1. The maximum Gasteiger partial charge on any atom is 0.305 e. The van der Waals surface area contributed by atoms with Crippen LogP contribution < -0.4 is 0 Å². The number of ketones is 2. The Kier molecular flexibility index (Phi) is 5.04. The third-order valence-electron chi connectivity index (χ3n) is 9.01. The molecule has 0 aliphatic heterocycles. The third kappa shape index (κ3) is 2.98. The van der Waals surface area contributed by atoms with Crippen LogP contribution in [-0.4, -0.2) is 24.1 Å². The molecule has 0 spiro atoms. The molecule has 3 saturated carbocycles. The van der Waals surface area contributed by atoms with Crippen LogP contribution >= 0.6 is 0 Å². The van der Waals surface area contributed by atoms with Gasteiger partial charge in [-0.2, -0.15) is 0 Å². The molecule has 4 rings (SSSR count). The van der Waals surface area contributed by atoms with E-state index in [0.717, 1.165) is 44.9 Å². The van der Waals surface area contributed by atoms with Gasteiger partial charge in [-0.3, -0.25) is 14.4 Å². The summed E-state index contributed by atoms with van der Waals surface area (Å²) in [5, 5.41) is 0. The molecule has 0 amide bonds. The molecule has 6 atom stereocenters. The van der Waals surface area contributed by atoms with Crippen LogP contribution in [0.15, 0.2) is 11.6 Å². The lowest BCUT2D eigenvalue weighted by molar-refractivity contribution is -0.150. The van der Waals surface area contributed by atoms with Crippen LogP contribution in [0.25, 0.3) is 0 Å². The summed E-state index contributed by atoms with van der Waals surface area (Å²) in [5.41, 5.74) is 1.61. The minimum Gasteiger partial charge on any atom is -0.458 e. The zero-order chi connectivity index (χ0) is 20.1. The molecule has 3 fully saturated rings. The predicted octanol–water partition coefficient (Wildman–Crippen LogP) is 4.66. The van der Waals surface area contributed by atoms with Gasteiger partial charge in [0.25, 0.3) is 0 Å². The Morgan fingerprint density at radius 3 is 2.61 bits per heavy atom. The first-order valence-corrected chi connectivity index (χ1v) is 11.2. The van der Waals surface area contributed by atoms with Gasteiger partial charge in [0.2, 0.25) is 0 Å². The number of ether oxygens (including phenoxy) is 1. The summed E-state index contributed by atoms with van der Waals surface area (Å²) >= 11 is 0. The van der Waals surface area contributed by atoms with E-state index >= 15 is 0 Å². The molecule has 28 heavy (non-hydrogen) atoms. The lowest BCUT2D eigenvalue weighted by atomic mass is 9.46. The summed E-state index contributed by atoms with van der Waals surface area (Å²) in [6.07, 6.45) is 10.4. The Hall–Kier alpha value is -1.45. The Balaban J connectivity index is 1.52. The molecule has 0 aromatic rings. The van der Waals surface area contributed by atoms with Gasteiger partial charge in [0.05, 0.1) is 0 Å². The maximum absolute atomic E-state index is 12.9. The summed E-state index contributed by atoms with van der Waals surface area (Å²) in [7, 11) is 0. The van der Waals surface area contributed by atoms with Crippen LogP contribution in [0.2, 0.25) is 0 Å². The first kappa shape index (κ1) is 19.8. The van der Waals surface area contributed by atoms with E-state index in [2.05, 4.69) is 13.8 Å². The molecular formula is C24H34O4. The fraction of sp³-hybridized carbons (Fsp3) is 0.792. The highest BCUT2D eigenvalue weighted by atomic mass is 16.5. The summed E-state index contributed by atoms with van der Waals surface area (Å²) < 4.78 is 5.17. The Morgan fingerprint density at radius 1 is 1.07 bits per heavy atom. The van der Waals surface area contributed by atoms with Crippen LogP contribution in [0.4, 0.5) is 0 Å². The Morgan fingerprint density at radius 2 is 1.86 bits per heavy atom. The van der Waals surface area contributed by atoms with Gasteiger partial charge in [0.1, 0.15) is 6.61 Å². The number of rotatable bonds is 4. The number of fused-ring (bicyclic) bond motifs is 5. The van der Waals surface area contributed by atoms with Gasteiger partial charge < -0.3 is 4.74 Å². The number of allylic oxidation sites excluding steroid dienone is 1. The van der Waals surface area contributed by atoms with E-state index in [1.807, 2.05) is 6.08 Å². The average Bonchev–Trinajstić information content (AvgIpc) is 3.03. The van der Waals surface area contributed by atoms with E-state index in [-0.39, 0.29) is 35.1 Å². The van der Waals surface area contributed by atoms with Gasteiger partial charge in [-0.1, -0.05) is 26.3 Å². The molecule has 0 unspecified atom stereocenters. The topological polar surface area (TPSA) is 60.4 Å². The second-order valence-corrected chi connectivity index (χ2v) is 10.1. The highest BCUT2D eigenvalue weighted by molar-refractivity contribution is 5.91. The molecule has 154 valence electrons. The summed E-state index contributed by atoms with van der Waals surface area (Å²) in [6, 6.07) is 0. The van der Waals surface area contributed by atoms with Crippen molar-refractivity contribution in [3.8, 4) is 0 Å². The maximum atomic E-state index is 12.9. The van der Waals surface area contributed by atoms with Crippen molar-refractivity contribution in [3.63, 3.8) is 0 Å². The summed E-state index contributed by atoms with van der Waals surface area (Å²) in [4.78, 5) is 36.3. The third-order valence-corrected chi connectivity index (χ3v) is 9.01. The van der Waals surface area contributed by atoms with E-state index in [1.165, 1.54) is 5.57 Å². The molecule has 4 aliphatic rings. The molecule has 0 heterocycles. The monoisotopic (exact) mass is 386 g/mol. The number of carbonyl (C=O) groups is 3. The highest BCUT2D eigenvalue weighted by Crippen LogP contribution is 2.66. The van der Waals surface area contributed by atoms with Crippen molar-refractivity contribution in [2.24, 2.45) is 34.5 Å². The zero-order valence-electron chi connectivity index (χ0n) is 17.6. The lowest BCUT2D eigenvalue weighted by Crippen LogP contribution is -2.51. The van der Waals surface area contributed by atoms with Crippen molar-refractivity contribution < 1.29 is 19.1 Å². The second kappa shape index (κ2) is 7.11. The molecule has 0 saturated heterocycles. The highest BCUT2D eigenvalue weighted by Gasteiger charge is 2.60. The molecule has 4 heteroatoms. The van der Waals surface area contributed by atoms with Crippen molar-refractivity contribution in [1.29, 1.82) is 0 Å². The number of hydrogen-bond donors (Lipinski definition) is 0. The molecule has 0 radical (unpaired) electrons. The van der Waals surface area contributed by atoms with Crippen LogP contribution in [0, 0.1) is 34.5 Å². The van der Waals surface area contributed by atoms with Crippen LogP contribution in [0.5, 0.6) is 0 Å². The van der Waals surface area contributed by atoms with Crippen LogP contribution in [0.3, 0.4) is 0 Å². The Labute approximate surface area is 168 Å². The smallest absolute Gasteiger partial charge is 0.305 e. The SMILES string of the molecule is CCC(=O)OCC(=O)[C@@H]1CC[C@H]2[C@@H]3CCC4=CC(=O)CC[C@]4(C)[C@H]3CC[C@]12C. The second-order valence-electron chi connectivity index (χ2n) is 10.1. The minimum atomic E-state index is -0.289. The lowest BCUT2D eigenvalue weighted by Gasteiger charge is -2.58. The van der Waals surface area contributed by atoms with Gasteiger partial charge >= 0.3 is 5.97 Å². The van der Waals surface area contributed by atoms with E-state index < -0.39 is 0 Å². The average molecular weight is 387 g/mol.